The number of ether oxygens (including phenoxy) is 1. The molecule has 1 amide bonds. The van der Waals surface area contributed by atoms with Crippen molar-refractivity contribution < 1.29 is 14.3 Å². The van der Waals surface area contributed by atoms with E-state index in [1.807, 2.05) is 67.6 Å². The second-order valence-electron chi connectivity index (χ2n) is 6.59. The summed E-state index contributed by atoms with van der Waals surface area (Å²) in [6.07, 6.45) is 1.10. The Hall–Kier alpha value is -2.62. The molecule has 2 aromatic carbocycles. The molecule has 4 nitrogen and oxygen atoms in total. The van der Waals surface area contributed by atoms with Crippen LogP contribution in [0.2, 0.25) is 0 Å². The number of benzene rings is 2. The van der Waals surface area contributed by atoms with Gasteiger partial charge in [-0.05, 0) is 24.5 Å². The Morgan fingerprint density at radius 1 is 1.00 bits per heavy atom. The largest absolute Gasteiger partial charge is 0.445 e. The maximum absolute atomic E-state index is 12.7. The van der Waals surface area contributed by atoms with E-state index in [1.54, 1.807) is 4.90 Å². The third kappa shape index (κ3) is 4.47. The minimum Gasteiger partial charge on any atom is -0.445 e. The van der Waals surface area contributed by atoms with Crippen molar-refractivity contribution in [3.05, 3.63) is 71.8 Å². The van der Waals surface area contributed by atoms with E-state index in [-0.39, 0.29) is 30.6 Å². The molecular weight excluding hydrogens is 314 g/mol. The summed E-state index contributed by atoms with van der Waals surface area (Å²) < 4.78 is 5.52. The van der Waals surface area contributed by atoms with E-state index in [9.17, 15) is 9.59 Å². The highest BCUT2D eigenvalue weighted by molar-refractivity contribution is 5.83. The van der Waals surface area contributed by atoms with Gasteiger partial charge in [0.15, 0.2) is 0 Å². The van der Waals surface area contributed by atoms with Crippen LogP contribution in [0.4, 0.5) is 4.79 Å². The van der Waals surface area contributed by atoms with Crippen molar-refractivity contribution in [2.45, 2.75) is 44.9 Å². The van der Waals surface area contributed by atoms with Crippen molar-refractivity contribution in [3.8, 4) is 0 Å². The molecule has 0 spiro atoms. The van der Waals surface area contributed by atoms with Gasteiger partial charge in [-0.2, -0.15) is 0 Å². The van der Waals surface area contributed by atoms with Crippen molar-refractivity contribution in [2.24, 2.45) is 0 Å². The van der Waals surface area contributed by atoms with Crippen LogP contribution < -0.4 is 0 Å². The van der Waals surface area contributed by atoms with Crippen LogP contribution in [0.25, 0.3) is 0 Å². The highest BCUT2D eigenvalue weighted by Gasteiger charge is 2.36. The zero-order valence-corrected chi connectivity index (χ0v) is 14.4. The summed E-state index contributed by atoms with van der Waals surface area (Å²) in [5.74, 6) is 0.209. The summed E-state index contributed by atoms with van der Waals surface area (Å²) in [5.41, 5.74) is 2.08. The fraction of sp³-hybridized carbons (Fsp3) is 0.333. The summed E-state index contributed by atoms with van der Waals surface area (Å²) in [6.45, 7) is 2.16. The molecule has 3 rings (SSSR count). The van der Waals surface area contributed by atoms with E-state index >= 15 is 0 Å². The minimum atomic E-state index is -0.343. The van der Waals surface area contributed by atoms with E-state index in [4.69, 9.17) is 4.74 Å². The van der Waals surface area contributed by atoms with Gasteiger partial charge in [0.2, 0.25) is 0 Å². The number of Topliss-reactive ketones (excluding diaryl/α,β-unsaturated/α-hetero) is 1. The summed E-state index contributed by atoms with van der Waals surface area (Å²) in [4.78, 5) is 26.5. The molecule has 1 saturated heterocycles. The van der Waals surface area contributed by atoms with Crippen LogP contribution >= 0.6 is 0 Å². The molecular formula is C21H23NO3. The van der Waals surface area contributed by atoms with Gasteiger partial charge in [-0.15, -0.1) is 0 Å². The van der Waals surface area contributed by atoms with Crippen molar-refractivity contribution in [2.75, 3.05) is 0 Å². The molecule has 1 heterocycles. The minimum absolute atomic E-state index is 0.141. The number of piperidine rings is 1. The van der Waals surface area contributed by atoms with Crippen LogP contribution in [0.3, 0.4) is 0 Å². The number of likely N-dealkylation sites (tertiary alicyclic amines) is 1. The standard InChI is InChI=1S/C21H23NO3/c1-16-12-20(23)14-19(13-17-8-4-2-5-9-17)22(16)21(24)25-15-18-10-6-3-7-11-18/h2-11,16,19H,12-15H2,1H3/t16-,19+/m1/s1. The van der Waals surface area contributed by atoms with Crippen LogP contribution in [-0.4, -0.2) is 28.9 Å². The first-order valence-electron chi connectivity index (χ1n) is 8.68. The quantitative estimate of drug-likeness (QED) is 0.847. The molecule has 0 aromatic heterocycles. The van der Waals surface area contributed by atoms with Crippen LogP contribution in [-0.2, 0) is 22.6 Å². The summed E-state index contributed by atoms with van der Waals surface area (Å²) >= 11 is 0. The number of hydrogen-bond donors (Lipinski definition) is 0. The van der Waals surface area contributed by atoms with Crippen molar-refractivity contribution >= 4 is 11.9 Å². The van der Waals surface area contributed by atoms with Crippen molar-refractivity contribution in [1.82, 2.24) is 4.90 Å². The number of ketones is 1. The Labute approximate surface area is 148 Å². The molecule has 1 aliphatic rings. The first kappa shape index (κ1) is 17.2. The number of amides is 1. The molecule has 0 radical (unpaired) electrons. The summed E-state index contributed by atoms with van der Waals surface area (Å²) in [7, 11) is 0. The Morgan fingerprint density at radius 2 is 1.60 bits per heavy atom. The average molecular weight is 337 g/mol. The fourth-order valence-corrected chi connectivity index (χ4v) is 3.41. The molecule has 130 valence electrons. The van der Waals surface area contributed by atoms with Gasteiger partial charge < -0.3 is 9.64 Å². The van der Waals surface area contributed by atoms with Gasteiger partial charge >= 0.3 is 6.09 Å². The Balaban J connectivity index is 1.70. The number of carbonyl (C=O) groups excluding carboxylic acids is 2. The number of rotatable bonds is 4. The molecule has 4 heteroatoms. The molecule has 0 aliphatic carbocycles. The normalized spacial score (nSPS) is 20.4. The van der Waals surface area contributed by atoms with Crippen molar-refractivity contribution in [1.29, 1.82) is 0 Å². The molecule has 0 N–H and O–H groups in total. The molecule has 1 fully saturated rings. The topological polar surface area (TPSA) is 46.6 Å². The van der Waals surface area contributed by atoms with Crippen LogP contribution in [0, 0.1) is 0 Å². The third-order valence-corrected chi connectivity index (χ3v) is 4.58. The Morgan fingerprint density at radius 3 is 2.24 bits per heavy atom. The molecule has 25 heavy (non-hydrogen) atoms. The van der Waals surface area contributed by atoms with E-state index in [0.29, 0.717) is 19.3 Å². The second kappa shape index (κ2) is 7.97. The fourth-order valence-electron chi connectivity index (χ4n) is 3.41. The molecule has 0 bridgehead atoms. The van der Waals surface area contributed by atoms with Gasteiger partial charge in [0, 0.05) is 24.9 Å². The van der Waals surface area contributed by atoms with Gasteiger partial charge in [-0.1, -0.05) is 60.7 Å². The zero-order valence-electron chi connectivity index (χ0n) is 14.4. The van der Waals surface area contributed by atoms with E-state index in [0.717, 1.165) is 11.1 Å². The lowest BCUT2D eigenvalue weighted by Crippen LogP contribution is -2.52. The maximum atomic E-state index is 12.7. The maximum Gasteiger partial charge on any atom is 0.410 e. The second-order valence-corrected chi connectivity index (χ2v) is 6.59. The summed E-state index contributed by atoms with van der Waals surface area (Å²) in [5, 5.41) is 0. The van der Waals surface area contributed by atoms with E-state index < -0.39 is 0 Å². The van der Waals surface area contributed by atoms with Crippen LogP contribution in [0.1, 0.15) is 30.9 Å². The van der Waals surface area contributed by atoms with Crippen LogP contribution in [0.15, 0.2) is 60.7 Å². The Kier molecular flexibility index (Phi) is 5.49. The molecule has 0 unspecified atom stereocenters. The van der Waals surface area contributed by atoms with Crippen LogP contribution in [0.5, 0.6) is 0 Å². The molecule has 1 aliphatic heterocycles. The number of carbonyl (C=O) groups is 2. The number of nitrogens with zero attached hydrogens (tertiary/aromatic N) is 1. The smallest absolute Gasteiger partial charge is 0.410 e. The van der Waals surface area contributed by atoms with Gasteiger partial charge in [0.25, 0.3) is 0 Å². The third-order valence-electron chi connectivity index (χ3n) is 4.58. The predicted molar refractivity (Wildman–Crippen MR) is 96.1 cm³/mol. The predicted octanol–water partition coefficient (Wildman–Crippen LogP) is 3.99. The Bertz CT molecular complexity index is 714. The van der Waals surface area contributed by atoms with Gasteiger partial charge in [0.1, 0.15) is 12.4 Å². The average Bonchev–Trinajstić information content (AvgIpc) is 2.61. The monoisotopic (exact) mass is 337 g/mol. The van der Waals surface area contributed by atoms with E-state index in [1.165, 1.54) is 0 Å². The van der Waals surface area contributed by atoms with Gasteiger partial charge in [-0.3, -0.25) is 4.79 Å². The lowest BCUT2D eigenvalue weighted by molar-refractivity contribution is -0.124. The molecule has 2 atom stereocenters. The SMILES string of the molecule is C[C@@H]1CC(=O)C[C@H](Cc2ccccc2)N1C(=O)OCc1ccccc1. The molecule has 2 aromatic rings. The zero-order chi connectivity index (χ0) is 17.6. The first-order chi connectivity index (χ1) is 12.1. The van der Waals surface area contributed by atoms with E-state index in [2.05, 4.69) is 0 Å². The molecule has 0 saturated carbocycles. The highest BCUT2D eigenvalue weighted by atomic mass is 16.6. The number of hydrogen-bond acceptors (Lipinski definition) is 3. The van der Waals surface area contributed by atoms with Gasteiger partial charge in [-0.25, -0.2) is 4.79 Å². The first-order valence-corrected chi connectivity index (χ1v) is 8.68. The highest BCUT2D eigenvalue weighted by Crippen LogP contribution is 2.24. The lowest BCUT2D eigenvalue weighted by atomic mass is 9.91. The van der Waals surface area contributed by atoms with Gasteiger partial charge in [0.05, 0.1) is 0 Å². The van der Waals surface area contributed by atoms with Crippen molar-refractivity contribution in [3.63, 3.8) is 0 Å². The lowest BCUT2D eigenvalue weighted by Gasteiger charge is -2.39. The summed E-state index contributed by atoms with van der Waals surface area (Å²) in [6, 6.07) is 19.3.